The number of H-pyrrole nitrogens is 1. The Bertz CT molecular complexity index is 1410. The molecule has 0 aliphatic heterocycles. The topological polar surface area (TPSA) is 97.7 Å². The Morgan fingerprint density at radius 1 is 1.00 bits per heavy atom. The van der Waals surface area contributed by atoms with E-state index in [0.717, 1.165) is 22.0 Å². The largest absolute Gasteiger partial charge is 0.349 e. The van der Waals surface area contributed by atoms with Crippen LogP contribution in [-0.2, 0) is 6.42 Å². The summed E-state index contributed by atoms with van der Waals surface area (Å²) < 4.78 is 1.72. The van der Waals surface area contributed by atoms with Crippen molar-refractivity contribution in [2.24, 2.45) is 0 Å². The molecule has 32 heavy (non-hydrogen) atoms. The number of nitrogens with zero attached hydrogens (tertiary/aromatic N) is 3. The lowest BCUT2D eigenvalue weighted by molar-refractivity contribution is 0.103. The second kappa shape index (κ2) is 9.20. The highest BCUT2D eigenvalue weighted by atomic mass is 79.9. The van der Waals surface area contributed by atoms with E-state index in [1.54, 1.807) is 36.4 Å². The van der Waals surface area contributed by atoms with Crippen LogP contribution in [0.25, 0.3) is 5.69 Å². The van der Waals surface area contributed by atoms with E-state index < -0.39 is 11.2 Å². The van der Waals surface area contributed by atoms with Crippen LogP contribution in [0.1, 0.15) is 27.0 Å². The Morgan fingerprint density at radius 3 is 2.34 bits per heavy atom. The Balaban J connectivity index is 1.57. The third-order valence-corrected chi connectivity index (χ3v) is 5.94. The van der Waals surface area contributed by atoms with E-state index in [4.69, 9.17) is 23.2 Å². The SMILES string of the molecule is O=C(c1ccc(Cc2c(Cl)cc(-n3ncc(=O)[nH]c3=O)cc2Br)cc1)c1ccc(Cl)nc1. The van der Waals surface area contributed by atoms with Gasteiger partial charge in [0.15, 0.2) is 5.78 Å². The number of hydrogen-bond acceptors (Lipinski definition) is 5. The summed E-state index contributed by atoms with van der Waals surface area (Å²) in [5.41, 5.74) is 1.88. The van der Waals surface area contributed by atoms with Crippen molar-refractivity contribution in [2.45, 2.75) is 6.42 Å². The third kappa shape index (κ3) is 4.72. The second-order valence-electron chi connectivity index (χ2n) is 6.81. The molecular weight excluding hydrogens is 519 g/mol. The maximum absolute atomic E-state index is 12.6. The average molecular weight is 532 g/mol. The fraction of sp³-hybridized carbons (Fsp3) is 0.0455. The van der Waals surface area contributed by atoms with E-state index in [1.807, 2.05) is 12.1 Å². The average Bonchev–Trinajstić information content (AvgIpc) is 2.76. The molecule has 0 bridgehead atoms. The molecule has 0 aliphatic carbocycles. The number of pyridine rings is 1. The standard InChI is InChI=1S/C22H13BrCl2N4O3/c23-17-8-15(29-22(32)28-20(30)11-27-29)9-18(24)16(17)7-12-1-3-13(4-2-12)21(31)14-5-6-19(25)26-10-14/h1-6,8-11H,7H2,(H,28,30,32). The van der Waals surface area contributed by atoms with Gasteiger partial charge in [0.05, 0.1) is 5.69 Å². The van der Waals surface area contributed by atoms with Crippen LogP contribution in [0, 0.1) is 0 Å². The number of rotatable bonds is 5. The predicted octanol–water partition coefficient (Wildman–Crippen LogP) is 4.21. The Kier molecular flexibility index (Phi) is 6.36. The summed E-state index contributed by atoms with van der Waals surface area (Å²) in [6, 6.07) is 13.7. The van der Waals surface area contributed by atoms with E-state index in [1.165, 1.54) is 6.20 Å². The summed E-state index contributed by atoms with van der Waals surface area (Å²) in [5, 5.41) is 4.58. The van der Waals surface area contributed by atoms with Gasteiger partial charge in [-0.3, -0.25) is 14.6 Å². The van der Waals surface area contributed by atoms with E-state index in [-0.39, 0.29) is 5.78 Å². The van der Waals surface area contributed by atoms with Gasteiger partial charge in [-0.15, -0.1) is 0 Å². The smallest absolute Gasteiger partial charge is 0.289 e. The summed E-state index contributed by atoms with van der Waals surface area (Å²) in [5.74, 6) is -0.150. The van der Waals surface area contributed by atoms with Crippen LogP contribution in [-0.4, -0.2) is 25.5 Å². The van der Waals surface area contributed by atoms with Gasteiger partial charge in [-0.25, -0.2) is 9.78 Å². The van der Waals surface area contributed by atoms with Gasteiger partial charge in [-0.05, 0) is 35.4 Å². The zero-order valence-electron chi connectivity index (χ0n) is 16.2. The molecule has 0 amide bonds. The maximum Gasteiger partial charge on any atom is 0.349 e. The minimum absolute atomic E-state index is 0.150. The molecule has 0 saturated heterocycles. The fourth-order valence-corrected chi connectivity index (χ4v) is 4.17. The van der Waals surface area contributed by atoms with Crippen molar-refractivity contribution >= 4 is 44.9 Å². The monoisotopic (exact) mass is 530 g/mol. The molecule has 7 nitrogen and oxygen atoms in total. The normalized spacial score (nSPS) is 10.8. The van der Waals surface area contributed by atoms with E-state index in [9.17, 15) is 14.4 Å². The fourth-order valence-electron chi connectivity index (χ4n) is 3.07. The van der Waals surface area contributed by atoms with Crippen LogP contribution in [0.5, 0.6) is 0 Å². The number of nitrogens with one attached hydrogen (secondary N) is 1. The minimum atomic E-state index is -0.663. The first-order valence-corrected chi connectivity index (χ1v) is 10.8. The van der Waals surface area contributed by atoms with Crippen LogP contribution < -0.4 is 11.2 Å². The molecule has 160 valence electrons. The highest BCUT2D eigenvalue weighted by Gasteiger charge is 2.13. The molecule has 0 atom stereocenters. The first-order valence-electron chi connectivity index (χ1n) is 9.24. The zero-order chi connectivity index (χ0) is 22.8. The molecule has 0 radical (unpaired) electrons. The lowest BCUT2D eigenvalue weighted by Gasteiger charge is -2.11. The van der Waals surface area contributed by atoms with Crippen LogP contribution in [0.2, 0.25) is 10.2 Å². The van der Waals surface area contributed by atoms with Crippen molar-refractivity contribution in [1.29, 1.82) is 0 Å². The maximum atomic E-state index is 12.6. The van der Waals surface area contributed by atoms with Crippen molar-refractivity contribution in [3.63, 3.8) is 0 Å². The number of halogens is 3. The van der Waals surface area contributed by atoms with Gasteiger partial charge in [0, 0.05) is 33.2 Å². The Morgan fingerprint density at radius 2 is 1.72 bits per heavy atom. The van der Waals surface area contributed by atoms with Crippen molar-refractivity contribution < 1.29 is 4.79 Å². The van der Waals surface area contributed by atoms with Gasteiger partial charge >= 0.3 is 5.69 Å². The van der Waals surface area contributed by atoms with E-state index >= 15 is 0 Å². The molecule has 0 spiro atoms. The van der Waals surface area contributed by atoms with Crippen LogP contribution in [0.4, 0.5) is 0 Å². The number of aromatic nitrogens is 4. The Hall–Kier alpha value is -3.07. The molecule has 10 heteroatoms. The lowest BCUT2D eigenvalue weighted by atomic mass is 10.00. The van der Waals surface area contributed by atoms with Crippen molar-refractivity contribution in [3.05, 3.63) is 119 Å². The molecule has 0 saturated carbocycles. The van der Waals surface area contributed by atoms with Crippen LogP contribution in [0.3, 0.4) is 0 Å². The first-order chi connectivity index (χ1) is 15.3. The van der Waals surface area contributed by atoms with Crippen LogP contribution in [0.15, 0.2) is 75.0 Å². The highest BCUT2D eigenvalue weighted by molar-refractivity contribution is 9.10. The van der Waals surface area contributed by atoms with Crippen molar-refractivity contribution in [2.75, 3.05) is 0 Å². The molecule has 0 unspecified atom stereocenters. The molecule has 2 aromatic heterocycles. The third-order valence-electron chi connectivity index (χ3n) is 4.67. The number of carbonyl (C=O) groups excluding carboxylic acids is 1. The van der Waals surface area contributed by atoms with Crippen molar-refractivity contribution in [1.82, 2.24) is 19.7 Å². The summed E-state index contributed by atoms with van der Waals surface area (Å²) in [4.78, 5) is 41.9. The molecule has 2 heterocycles. The second-order valence-corrected chi connectivity index (χ2v) is 8.46. The molecule has 4 aromatic rings. The molecule has 2 aromatic carbocycles. The summed E-state index contributed by atoms with van der Waals surface area (Å²) in [7, 11) is 0. The van der Waals surface area contributed by atoms with E-state index in [2.05, 4.69) is 31.0 Å². The van der Waals surface area contributed by atoms with Gasteiger partial charge in [-0.2, -0.15) is 9.78 Å². The lowest BCUT2D eigenvalue weighted by Crippen LogP contribution is -2.30. The van der Waals surface area contributed by atoms with Gasteiger partial charge in [0.1, 0.15) is 11.3 Å². The van der Waals surface area contributed by atoms with E-state index in [0.29, 0.717) is 37.9 Å². The number of hydrogen-bond donors (Lipinski definition) is 1. The van der Waals surface area contributed by atoms with Gasteiger partial charge in [-0.1, -0.05) is 63.4 Å². The quantitative estimate of drug-likeness (QED) is 0.307. The Labute approximate surface area is 199 Å². The van der Waals surface area contributed by atoms with Gasteiger partial charge in [0.25, 0.3) is 5.56 Å². The predicted molar refractivity (Wildman–Crippen MR) is 125 cm³/mol. The van der Waals surface area contributed by atoms with Crippen molar-refractivity contribution in [3.8, 4) is 5.69 Å². The molecule has 4 rings (SSSR count). The van der Waals surface area contributed by atoms with Gasteiger partial charge < -0.3 is 0 Å². The van der Waals surface area contributed by atoms with Crippen LogP contribution >= 0.6 is 39.1 Å². The minimum Gasteiger partial charge on any atom is -0.289 e. The molecule has 1 N–H and O–H groups in total. The molecular formula is C22H13BrCl2N4O3. The highest BCUT2D eigenvalue weighted by Crippen LogP contribution is 2.30. The zero-order valence-corrected chi connectivity index (χ0v) is 19.3. The summed E-state index contributed by atoms with van der Waals surface area (Å²) in [6.07, 6.45) is 2.95. The summed E-state index contributed by atoms with van der Waals surface area (Å²) >= 11 is 15.7. The number of carbonyl (C=O) groups is 1. The first kappa shape index (κ1) is 22.1. The van der Waals surface area contributed by atoms with Gasteiger partial charge in [0.2, 0.25) is 0 Å². The molecule has 0 aliphatic rings. The number of ketones is 1. The number of aromatic amines is 1. The molecule has 0 fully saturated rings. The summed E-state index contributed by atoms with van der Waals surface area (Å²) in [6.45, 7) is 0. The number of benzene rings is 2.